The van der Waals surface area contributed by atoms with Gasteiger partial charge in [0.15, 0.2) is 0 Å². The minimum Gasteiger partial charge on any atom is -0.358 e. The second-order valence-electron chi connectivity index (χ2n) is 6.58. The van der Waals surface area contributed by atoms with Crippen LogP contribution >= 0.6 is 0 Å². The van der Waals surface area contributed by atoms with Crippen LogP contribution in [-0.4, -0.2) is 0 Å². The molecule has 0 aliphatic carbocycles. The summed E-state index contributed by atoms with van der Waals surface area (Å²) in [5, 5.41) is 0. The number of hydrogen-bond donors (Lipinski definition) is 0. The van der Waals surface area contributed by atoms with Crippen molar-refractivity contribution in [3.63, 3.8) is 0 Å². The average molecular weight is 357 g/mol. The molecule has 0 bridgehead atoms. The summed E-state index contributed by atoms with van der Waals surface area (Å²) in [6, 6.07) is 0. The molecule has 0 aliphatic heterocycles. The van der Waals surface area contributed by atoms with Crippen LogP contribution in [0, 0.1) is 32.1 Å². The minimum atomic E-state index is 0. The molecule has 0 saturated carbocycles. The summed E-state index contributed by atoms with van der Waals surface area (Å²) in [6.45, 7) is 13.4. The molecule has 0 rings (SSSR count). The maximum Gasteiger partial charge on any atom is 0 e. The van der Waals surface area contributed by atoms with Gasteiger partial charge in [0.05, 0.1) is 0 Å². The van der Waals surface area contributed by atoms with Crippen LogP contribution < -0.4 is 0 Å². The topological polar surface area (TPSA) is 0 Å². The maximum absolute atomic E-state index is 3.97. The van der Waals surface area contributed by atoms with Gasteiger partial charge in [0.2, 0.25) is 0 Å². The van der Waals surface area contributed by atoms with Crippen molar-refractivity contribution >= 4 is 0 Å². The summed E-state index contributed by atoms with van der Waals surface area (Å²) in [4.78, 5) is 0. The molecule has 0 fully saturated rings. The van der Waals surface area contributed by atoms with Gasteiger partial charge in [-0.15, -0.1) is 0 Å². The molecule has 1 radical (unpaired) electrons. The van der Waals surface area contributed by atoms with Crippen molar-refractivity contribution in [1.29, 1.82) is 0 Å². The molecule has 0 N–H and O–H groups in total. The summed E-state index contributed by atoms with van der Waals surface area (Å²) >= 11 is 0. The van der Waals surface area contributed by atoms with Crippen LogP contribution in [-0.2, 0) is 32.7 Å². The predicted molar refractivity (Wildman–Crippen MR) is 91.1 cm³/mol. The SMILES string of the molecule is [CH2-]CC(C)CCCCCC(C)CCCC(C)CC.[CH3-].[Y]. The Labute approximate surface area is 156 Å². The second kappa shape index (κ2) is 18.2. The van der Waals surface area contributed by atoms with Crippen LogP contribution in [0.3, 0.4) is 0 Å². The molecule has 0 amide bonds. The van der Waals surface area contributed by atoms with Gasteiger partial charge in [-0.1, -0.05) is 91.4 Å². The van der Waals surface area contributed by atoms with Crippen LogP contribution in [0.5, 0.6) is 0 Å². The Morgan fingerprint density at radius 2 is 1.15 bits per heavy atom. The van der Waals surface area contributed by atoms with E-state index in [0.29, 0.717) is 0 Å². The summed E-state index contributed by atoms with van der Waals surface area (Å²) in [5.41, 5.74) is 0. The smallest absolute Gasteiger partial charge is 0 e. The molecule has 0 heterocycles. The van der Waals surface area contributed by atoms with Gasteiger partial charge in [0, 0.05) is 32.7 Å². The molecule has 0 nitrogen and oxygen atoms in total. The van der Waals surface area contributed by atoms with Gasteiger partial charge in [-0.2, -0.15) is 6.42 Å². The zero-order chi connectivity index (χ0) is 13.8. The minimum absolute atomic E-state index is 0. The number of hydrogen-bond acceptors (Lipinski definition) is 0. The summed E-state index contributed by atoms with van der Waals surface area (Å²) in [5.74, 6) is 2.71. The summed E-state index contributed by atoms with van der Waals surface area (Å²) in [7, 11) is 0. The van der Waals surface area contributed by atoms with E-state index in [0.717, 1.165) is 24.2 Å². The van der Waals surface area contributed by atoms with Gasteiger partial charge in [-0.05, 0) is 11.8 Å². The fourth-order valence-electron chi connectivity index (χ4n) is 2.47. The third-order valence-corrected chi connectivity index (χ3v) is 4.48. The molecule has 0 aromatic rings. The molecule has 0 aromatic heterocycles. The van der Waals surface area contributed by atoms with Crippen molar-refractivity contribution in [2.75, 3.05) is 0 Å². The Bertz CT molecular complexity index is 167. The molecule has 3 atom stereocenters. The van der Waals surface area contributed by atoms with Gasteiger partial charge in [-0.25, -0.2) is 0 Å². The van der Waals surface area contributed by atoms with Crippen molar-refractivity contribution in [1.82, 2.24) is 0 Å². The van der Waals surface area contributed by atoms with E-state index in [2.05, 4.69) is 34.6 Å². The van der Waals surface area contributed by atoms with Crippen molar-refractivity contribution in [2.24, 2.45) is 17.8 Å². The fraction of sp³-hybridized carbons (Fsp3) is 0.895. The third-order valence-electron chi connectivity index (χ3n) is 4.48. The van der Waals surface area contributed by atoms with Crippen molar-refractivity contribution in [3.8, 4) is 0 Å². The first-order valence-electron chi connectivity index (χ1n) is 8.39. The number of unbranched alkanes of at least 4 members (excludes halogenated alkanes) is 2. The van der Waals surface area contributed by atoms with E-state index < -0.39 is 0 Å². The molecule has 0 aliphatic rings. The fourth-order valence-corrected chi connectivity index (χ4v) is 2.47. The molecule has 1 heteroatoms. The van der Waals surface area contributed by atoms with E-state index >= 15 is 0 Å². The Hall–Kier alpha value is 1.10. The van der Waals surface area contributed by atoms with E-state index in [1.807, 2.05) is 0 Å². The third kappa shape index (κ3) is 17.2. The Kier molecular flexibility index (Phi) is 23.6. The van der Waals surface area contributed by atoms with Gasteiger partial charge < -0.3 is 14.4 Å². The molecular formula is C19H40Y-2. The van der Waals surface area contributed by atoms with Crippen LogP contribution in [0.15, 0.2) is 0 Å². The van der Waals surface area contributed by atoms with Crippen molar-refractivity contribution < 1.29 is 32.7 Å². The van der Waals surface area contributed by atoms with Crippen LogP contribution in [0.4, 0.5) is 0 Å². The van der Waals surface area contributed by atoms with Crippen molar-refractivity contribution in [3.05, 3.63) is 14.4 Å². The Morgan fingerprint density at radius 3 is 1.65 bits per heavy atom. The molecule has 20 heavy (non-hydrogen) atoms. The van der Waals surface area contributed by atoms with Crippen LogP contribution in [0.2, 0.25) is 0 Å². The zero-order valence-corrected chi connectivity index (χ0v) is 17.9. The summed E-state index contributed by atoms with van der Waals surface area (Å²) < 4.78 is 0. The first-order chi connectivity index (χ1) is 8.60. The van der Waals surface area contributed by atoms with E-state index in [4.69, 9.17) is 0 Å². The summed E-state index contributed by atoms with van der Waals surface area (Å²) in [6.07, 6.45) is 13.9. The van der Waals surface area contributed by atoms with E-state index in [1.54, 1.807) is 0 Å². The normalized spacial score (nSPS) is 14.8. The van der Waals surface area contributed by atoms with E-state index in [1.165, 1.54) is 57.8 Å². The van der Waals surface area contributed by atoms with Crippen LogP contribution in [0.1, 0.15) is 91.9 Å². The van der Waals surface area contributed by atoms with Crippen LogP contribution in [0.25, 0.3) is 0 Å². The largest absolute Gasteiger partial charge is 0.358 e. The molecular weight excluding hydrogens is 317 g/mol. The Balaban J connectivity index is -0.00000144. The Morgan fingerprint density at radius 1 is 0.700 bits per heavy atom. The molecule has 3 unspecified atom stereocenters. The van der Waals surface area contributed by atoms with Gasteiger partial charge in [0.1, 0.15) is 0 Å². The molecule has 0 spiro atoms. The van der Waals surface area contributed by atoms with Crippen molar-refractivity contribution in [2.45, 2.75) is 91.9 Å². The standard InChI is InChI=1S/C18H37.CH3.Y/c1-6-16(3)12-9-8-10-13-18(5)15-11-14-17(4)7-2;;/h16-18H,1,6-15H2,2-5H3;1H3;/q2*-1;. The predicted octanol–water partition coefficient (Wildman–Crippen LogP) is 7.10. The number of rotatable bonds is 12. The zero-order valence-electron chi connectivity index (χ0n) is 15.1. The maximum atomic E-state index is 3.97. The molecule has 121 valence electrons. The van der Waals surface area contributed by atoms with Gasteiger partial charge in [0.25, 0.3) is 0 Å². The quantitative estimate of drug-likeness (QED) is 0.258. The monoisotopic (exact) mass is 357 g/mol. The first kappa shape index (κ1) is 26.0. The first-order valence-corrected chi connectivity index (χ1v) is 8.39. The average Bonchev–Trinajstić information content (AvgIpc) is 2.37. The second-order valence-corrected chi connectivity index (χ2v) is 6.58. The van der Waals surface area contributed by atoms with E-state index in [-0.39, 0.29) is 40.1 Å². The van der Waals surface area contributed by atoms with E-state index in [9.17, 15) is 0 Å². The van der Waals surface area contributed by atoms with Gasteiger partial charge in [-0.3, -0.25) is 0 Å². The molecule has 0 aromatic carbocycles. The molecule has 0 saturated heterocycles. The van der Waals surface area contributed by atoms with Gasteiger partial charge >= 0.3 is 0 Å².